The van der Waals surface area contributed by atoms with Gasteiger partial charge in [0.2, 0.25) is 0 Å². The second-order valence-corrected chi connectivity index (χ2v) is 7.23. The molecule has 0 spiro atoms. The third-order valence-electron chi connectivity index (χ3n) is 3.38. The number of rotatable bonds is 3. The minimum Gasteiger partial charge on any atom is -0.480 e. The molecule has 0 aliphatic carbocycles. The number of carboxylic acid groups (broad SMARTS) is 2. The third-order valence-corrected chi connectivity index (χ3v) is 6.01. The van der Waals surface area contributed by atoms with E-state index in [4.69, 9.17) is 21.8 Å². The molecule has 1 saturated heterocycles. The molecule has 0 unspecified atom stereocenters. The third kappa shape index (κ3) is 2.81. The Morgan fingerprint density at radius 1 is 1.24 bits per heavy atom. The molecule has 1 aliphatic heterocycles. The number of hydrogen-bond acceptors (Lipinski definition) is 4. The summed E-state index contributed by atoms with van der Waals surface area (Å²) < 4.78 is 25.0. The normalized spacial score (nSPS) is 22.2. The molecule has 1 aromatic carbocycles. The number of likely N-dealkylation sites (tertiary alicyclic amines) is 1. The Morgan fingerprint density at radius 2 is 1.86 bits per heavy atom. The highest BCUT2D eigenvalue weighted by atomic mass is 35.5. The van der Waals surface area contributed by atoms with E-state index < -0.39 is 33.2 Å². The van der Waals surface area contributed by atoms with Crippen molar-refractivity contribution < 1.29 is 28.2 Å². The highest BCUT2D eigenvalue weighted by Gasteiger charge is 2.45. The Morgan fingerprint density at radius 3 is 2.33 bits per heavy atom. The van der Waals surface area contributed by atoms with Crippen LogP contribution in [0.4, 0.5) is 4.79 Å². The van der Waals surface area contributed by atoms with Gasteiger partial charge in [-0.25, -0.2) is 18.0 Å². The van der Waals surface area contributed by atoms with E-state index in [-0.39, 0.29) is 22.9 Å². The molecule has 114 valence electrons. The topological polar surface area (TPSA) is 112 Å². The first-order chi connectivity index (χ1) is 9.75. The largest absolute Gasteiger partial charge is 0.480 e. The second kappa shape index (κ2) is 5.53. The molecule has 1 aliphatic rings. The van der Waals surface area contributed by atoms with E-state index in [9.17, 15) is 18.0 Å². The zero-order valence-corrected chi connectivity index (χ0v) is 12.2. The fraction of sp³-hybridized carbons (Fsp3) is 0.333. The van der Waals surface area contributed by atoms with Gasteiger partial charge in [0, 0.05) is 6.54 Å². The van der Waals surface area contributed by atoms with Crippen molar-refractivity contribution in [3.8, 4) is 0 Å². The first-order valence-electron chi connectivity index (χ1n) is 5.96. The molecule has 0 bridgehead atoms. The number of hydrogen-bond donors (Lipinski definition) is 2. The van der Waals surface area contributed by atoms with Crippen LogP contribution in [0.15, 0.2) is 29.2 Å². The molecule has 2 N–H and O–H groups in total. The molecule has 9 heteroatoms. The summed E-state index contributed by atoms with van der Waals surface area (Å²) in [7, 11) is -3.90. The summed E-state index contributed by atoms with van der Waals surface area (Å²) in [6, 6.07) is 4.42. The maximum atomic E-state index is 12.5. The van der Waals surface area contributed by atoms with Gasteiger partial charge in [0.05, 0.1) is 15.2 Å². The van der Waals surface area contributed by atoms with Crippen LogP contribution >= 0.6 is 11.6 Å². The number of nitrogens with zero attached hydrogens (tertiary/aromatic N) is 1. The minimum absolute atomic E-state index is 0.0261. The zero-order valence-electron chi connectivity index (χ0n) is 10.6. The number of aliphatic carboxylic acids is 1. The van der Waals surface area contributed by atoms with Crippen molar-refractivity contribution in [2.75, 3.05) is 6.54 Å². The van der Waals surface area contributed by atoms with E-state index in [0.717, 1.165) is 0 Å². The summed E-state index contributed by atoms with van der Waals surface area (Å²) in [4.78, 5) is 22.6. The molecule has 0 saturated carbocycles. The van der Waals surface area contributed by atoms with Crippen LogP contribution in [0.25, 0.3) is 0 Å². The van der Waals surface area contributed by atoms with E-state index in [1.54, 1.807) is 6.07 Å². The van der Waals surface area contributed by atoms with Crippen molar-refractivity contribution >= 4 is 33.5 Å². The van der Waals surface area contributed by atoms with Gasteiger partial charge in [0.15, 0.2) is 9.84 Å². The summed E-state index contributed by atoms with van der Waals surface area (Å²) in [5.74, 6) is -1.37. The Kier molecular flexibility index (Phi) is 4.11. The van der Waals surface area contributed by atoms with Crippen LogP contribution in [0, 0.1) is 0 Å². The van der Waals surface area contributed by atoms with Crippen molar-refractivity contribution in [3.63, 3.8) is 0 Å². The zero-order chi connectivity index (χ0) is 15.8. The second-order valence-electron chi connectivity index (χ2n) is 4.62. The van der Waals surface area contributed by atoms with E-state index in [1.165, 1.54) is 18.2 Å². The summed E-state index contributed by atoms with van der Waals surface area (Å²) in [5.41, 5.74) is 0. The smallest absolute Gasteiger partial charge is 0.408 e. The number of sulfone groups is 1. The van der Waals surface area contributed by atoms with Crippen molar-refractivity contribution in [2.24, 2.45) is 0 Å². The molecule has 0 radical (unpaired) electrons. The first-order valence-corrected chi connectivity index (χ1v) is 7.88. The summed E-state index contributed by atoms with van der Waals surface area (Å²) >= 11 is 5.86. The van der Waals surface area contributed by atoms with Gasteiger partial charge in [-0.15, -0.1) is 0 Å². The number of benzene rings is 1. The lowest BCUT2D eigenvalue weighted by Gasteiger charge is -2.16. The van der Waals surface area contributed by atoms with Crippen LogP contribution in [0.5, 0.6) is 0 Å². The van der Waals surface area contributed by atoms with Crippen LogP contribution in [0.1, 0.15) is 6.42 Å². The van der Waals surface area contributed by atoms with E-state index in [0.29, 0.717) is 4.90 Å². The molecule has 1 amide bonds. The molecule has 2 atom stereocenters. The highest BCUT2D eigenvalue weighted by molar-refractivity contribution is 7.92. The van der Waals surface area contributed by atoms with Gasteiger partial charge in [-0.3, -0.25) is 4.90 Å². The standard InChI is InChI=1S/C12H12ClNO6S/c13-8-3-1-2-4-10(8)21(19,20)7-5-9(11(15)16)14(6-7)12(17)18/h1-4,7,9H,5-6H2,(H,15,16)(H,17,18)/t7-,9+/m1/s1. The molecule has 1 fully saturated rings. The number of halogens is 1. The number of carboxylic acids is 1. The van der Waals surface area contributed by atoms with E-state index in [1.807, 2.05) is 0 Å². The SMILES string of the molecule is O=C(O)[C@@H]1C[C@@H](S(=O)(=O)c2ccccc2Cl)CN1C(=O)O. The predicted octanol–water partition coefficient (Wildman–Crippen LogP) is 1.32. The fourth-order valence-electron chi connectivity index (χ4n) is 2.32. The van der Waals surface area contributed by atoms with Gasteiger partial charge in [0.1, 0.15) is 6.04 Å². The van der Waals surface area contributed by atoms with Gasteiger partial charge in [-0.05, 0) is 18.6 Å². The van der Waals surface area contributed by atoms with Crippen molar-refractivity contribution in [1.29, 1.82) is 0 Å². The Balaban J connectivity index is 2.37. The maximum absolute atomic E-state index is 12.5. The van der Waals surface area contributed by atoms with Crippen molar-refractivity contribution in [2.45, 2.75) is 22.6 Å². The van der Waals surface area contributed by atoms with E-state index >= 15 is 0 Å². The lowest BCUT2D eigenvalue weighted by molar-refractivity contribution is -0.141. The Hall–Kier alpha value is -1.80. The van der Waals surface area contributed by atoms with Crippen molar-refractivity contribution in [1.82, 2.24) is 4.90 Å². The monoisotopic (exact) mass is 333 g/mol. The van der Waals surface area contributed by atoms with Gasteiger partial charge in [-0.1, -0.05) is 23.7 Å². The predicted molar refractivity (Wildman–Crippen MR) is 73.2 cm³/mol. The lowest BCUT2D eigenvalue weighted by Crippen LogP contribution is -2.39. The molecule has 2 rings (SSSR count). The molecule has 0 aromatic heterocycles. The highest BCUT2D eigenvalue weighted by Crippen LogP contribution is 2.31. The summed E-state index contributed by atoms with van der Waals surface area (Å²) in [6.07, 6.45) is -1.76. The Labute approximate surface area is 125 Å². The summed E-state index contributed by atoms with van der Waals surface area (Å²) in [6.45, 7) is -0.389. The average molecular weight is 334 g/mol. The van der Waals surface area contributed by atoms with E-state index in [2.05, 4.69) is 0 Å². The van der Waals surface area contributed by atoms with Crippen molar-refractivity contribution in [3.05, 3.63) is 29.3 Å². The van der Waals surface area contributed by atoms with Gasteiger partial charge in [-0.2, -0.15) is 0 Å². The van der Waals surface area contributed by atoms with Gasteiger partial charge < -0.3 is 10.2 Å². The molecule has 7 nitrogen and oxygen atoms in total. The van der Waals surface area contributed by atoms with Crippen LogP contribution in [0.2, 0.25) is 5.02 Å². The quantitative estimate of drug-likeness (QED) is 0.862. The molecule has 1 aromatic rings. The van der Waals surface area contributed by atoms with Crippen LogP contribution < -0.4 is 0 Å². The molecule has 21 heavy (non-hydrogen) atoms. The van der Waals surface area contributed by atoms with Gasteiger partial charge >= 0.3 is 12.1 Å². The first kappa shape index (κ1) is 15.6. The lowest BCUT2D eigenvalue weighted by atomic mass is 10.2. The Bertz CT molecular complexity index is 667. The molecular weight excluding hydrogens is 322 g/mol. The number of amides is 1. The van der Waals surface area contributed by atoms with Crippen LogP contribution in [-0.2, 0) is 14.6 Å². The minimum atomic E-state index is -3.90. The average Bonchev–Trinajstić information content (AvgIpc) is 2.85. The maximum Gasteiger partial charge on any atom is 0.408 e. The number of carbonyl (C=O) groups is 2. The van der Waals surface area contributed by atoms with Gasteiger partial charge in [0.25, 0.3) is 0 Å². The molecule has 1 heterocycles. The van der Waals surface area contributed by atoms with Crippen LogP contribution in [0.3, 0.4) is 0 Å². The molecular formula is C12H12ClNO6S. The fourth-order valence-corrected chi connectivity index (χ4v) is 4.54. The summed E-state index contributed by atoms with van der Waals surface area (Å²) in [5, 5.41) is 16.9. The van der Waals surface area contributed by atoms with Crippen LogP contribution in [-0.4, -0.2) is 53.4 Å².